The van der Waals surface area contributed by atoms with Gasteiger partial charge in [-0.3, -0.25) is 19.7 Å². The third-order valence-corrected chi connectivity index (χ3v) is 8.96. The second-order valence-electron chi connectivity index (χ2n) is 11.1. The molecular formula is C31H33BrN2O6. The van der Waals surface area contributed by atoms with Gasteiger partial charge in [0, 0.05) is 28.1 Å². The molecule has 2 aliphatic heterocycles. The number of carbonyl (C=O) groups is 2. The van der Waals surface area contributed by atoms with E-state index in [1.165, 1.54) is 29.3 Å². The minimum Gasteiger partial charge on any atom is -0.507 e. The molecule has 2 amide bonds. The van der Waals surface area contributed by atoms with Gasteiger partial charge in [0.05, 0.1) is 35.2 Å². The Labute approximate surface area is 242 Å². The molecule has 0 saturated carbocycles. The number of aromatic hydroxyl groups is 1. The van der Waals surface area contributed by atoms with Gasteiger partial charge >= 0.3 is 0 Å². The number of allylic oxidation sites excluding steroid dienone is 2. The molecule has 3 aliphatic rings. The summed E-state index contributed by atoms with van der Waals surface area (Å²) in [7, 11) is 0. The van der Waals surface area contributed by atoms with E-state index >= 15 is 0 Å². The van der Waals surface area contributed by atoms with E-state index in [2.05, 4.69) is 36.7 Å². The Morgan fingerprint density at radius 3 is 2.67 bits per heavy atom. The van der Waals surface area contributed by atoms with Crippen molar-refractivity contribution in [3.8, 4) is 5.75 Å². The molecule has 4 atom stereocenters. The topological polar surface area (TPSA) is 110 Å². The molecule has 0 radical (unpaired) electrons. The van der Waals surface area contributed by atoms with Crippen LogP contribution in [0, 0.1) is 33.8 Å². The molecule has 1 N–H and O–H groups in total. The Balaban J connectivity index is 1.41. The van der Waals surface area contributed by atoms with Crippen molar-refractivity contribution in [1.29, 1.82) is 0 Å². The first-order chi connectivity index (χ1) is 19.1. The number of amides is 2. The second-order valence-corrected chi connectivity index (χ2v) is 12.0. The average Bonchev–Trinajstić information content (AvgIpc) is 3.46. The van der Waals surface area contributed by atoms with Gasteiger partial charge in [0.25, 0.3) is 5.69 Å². The number of anilines is 1. The van der Waals surface area contributed by atoms with E-state index in [0.717, 1.165) is 39.8 Å². The first-order valence-corrected chi connectivity index (χ1v) is 14.5. The number of rotatable bonds is 8. The first kappa shape index (κ1) is 28.2. The number of fused-ring (bicyclic) bond motifs is 3. The molecule has 0 spiro atoms. The number of non-ortho nitro benzene ring substituents is 1. The van der Waals surface area contributed by atoms with Crippen LogP contribution in [-0.4, -0.2) is 34.6 Å². The Morgan fingerprint density at radius 2 is 1.98 bits per heavy atom. The highest BCUT2D eigenvalue weighted by atomic mass is 79.9. The molecule has 210 valence electrons. The minimum atomic E-state index is -0.533. The summed E-state index contributed by atoms with van der Waals surface area (Å²) in [5, 5.41) is 21.6. The summed E-state index contributed by atoms with van der Waals surface area (Å²) in [6, 6.07) is 11.1. The highest BCUT2D eigenvalue weighted by molar-refractivity contribution is 9.10. The lowest BCUT2D eigenvalue weighted by Gasteiger charge is -2.33. The van der Waals surface area contributed by atoms with Crippen LogP contribution in [-0.2, 0) is 14.3 Å². The molecule has 40 heavy (non-hydrogen) atoms. The number of nitrogens with zero attached hydrogens (tertiary/aromatic N) is 2. The van der Waals surface area contributed by atoms with Crippen LogP contribution in [0.4, 0.5) is 11.4 Å². The fourth-order valence-electron chi connectivity index (χ4n) is 6.49. The van der Waals surface area contributed by atoms with E-state index in [4.69, 9.17) is 4.74 Å². The van der Waals surface area contributed by atoms with E-state index in [9.17, 15) is 24.8 Å². The maximum absolute atomic E-state index is 13.8. The van der Waals surface area contributed by atoms with E-state index < -0.39 is 16.8 Å². The Morgan fingerprint density at radius 1 is 1.20 bits per heavy atom. The number of hydrogen-bond acceptors (Lipinski definition) is 6. The zero-order valence-corrected chi connectivity index (χ0v) is 24.4. The van der Waals surface area contributed by atoms with Crippen molar-refractivity contribution < 1.29 is 24.4 Å². The zero-order valence-electron chi connectivity index (χ0n) is 22.8. The van der Waals surface area contributed by atoms with Crippen LogP contribution >= 0.6 is 15.9 Å². The van der Waals surface area contributed by atoms with E-state index in [0.29, 0.717) is 13.0 Å². The number of carbonyl (C=O) groups excluding carboxylic acids is 2. The normalized spacial score (nSPS) is 24.6. The number of phenolic OH excluding ortho intramolecular Hbond substituents is 1. The van der Waals surface area contributed by atoms with Crippen molar-refractivity contribution >= 4 is 45.2 Å². The van der Waals surface area contributed by atoms with Crippen molar-refractivity contribution in [2.24, 2.45) is 23.7 Å². The van der Waals surface area contributed by atoms with Crippen LogP contribution in [0.3, 0.4) is 0 Å². The summed E-state index contributed by atoms with van der Waals surface area (Å²) >= 11 is 3.47. The molecule has 9 heteroatoms. The molecule has 5 rings (SSSR count). The van der Waals surface area contributed by atoms with Crippen molar-refractivity contribution in [2.45, 2.75) is 52.6 Å². The first-order valence-electron chi connectivity index (χ1n) is 13.7. The molecule has 1 aliphatic carbocycles. The predicted octanol–water partition coefficient (Wildman–Crippen LogP) is 6.81. The van der Waals surface area contributed by atoms with Crippen LogP contribution in [0.15, 0.2) is 63.7 Å². The Hall–Kier alpha value is -3.30. The van der Waals surface area contributed by atoms with Crippen LogP contribution < -0.4 is 4.90 Å². The van der Waals surface area contributed by atoms with E-state index in [1.807, 2.05) is 12.1 Å². The second kappa shape index (κ2) is 11.3. The number of benzene rings is 2. The molecular weight excluding hydrogens is 576 g/mol. The Bertz CT molecular complexity index is 1430. The number of phenols is 1. The molecule has 0 bridgehead atoms. The van der Waals surface area contributed by atoms with Crippen LogP contribution in [0.1, 0.15) is 52.0 Å². The van der Waals surface area contributed by atoms with Crippen LogP contribution in [0.5, 0.6) is 5.75 Å². The van der Waals surface area contributed by atoms with Gasteiger partial charge in [0.15, 0.2) is 0 Å². The maximum Gasteiger partial charge on any atom is 0.271 e. The largest absolute Gasteiger partial charge is 0.507 e. The van der Waals surface area contributed by atoms with Gasteiger partial charge in [-0.15, -0.1) is 0 Å². The lowest BCUT2D eigenvalue weighted by atomic mass is 9.67. The number of hydrogen-bond donors (Lipinski definition) is 1. The van der Waals surface area contributed by atoms with Crippen LogP contribution in [0.2, 0.25) is 0 Å². The number of halogens is 1. The number of nitro benzene ring substituents is 1. The SMILES string of the molecule is CC/C(=C\c1cc(Br)ccc1O)CC[C@H]1OC[C@H]2C1=C(C(C)C)C[C@H]1C(=O)N(c3cccc([N+](=O)[O-])c3)C(=O)[C@H]12. The van der Waals surface area contributed by atoms with E-state index in [-0.39, 0.29) is 46.9 Å². The molecule has 2 saturated heterocycles. The molecule has 2 aromatic rings. The minimum absolute atomic E-state index is 0.149. The lowest BCUT2D eigenvalue weighted by Crippen LogP contribution is -2.35. The number of ether oxygens (including phenoxy) is 1. The fraction of sp³-hybridized carbons (Fsp3) is 0.419. The lowest BCUT2D eigenvalue weighted by molar-refractivity contribution is -0.384. The number of nitro groups is 1. The molecule has 2 fully saturated rings. The van der Waals surface area contributed by atoms with Gasteiger partial charge < -0.3 is 9.84 Å². The fourth-order valence-corrected chi connectivity index (χ4v) is 6.87. The number of imide groups is 1. The van der Waals surface area contributed by atoms with Crippen molar-refractivity contribution in [3.05, 3.63) is 79.3 Å². The third kappa shape index (κ3) is 5.12. The summed E-state index contributed by atoms with van der Waals surface area (Å²) in [6.07, 6.45) is 4.71. The van der Waals surface area contributed by atoms with Gasteiger partial charge in [-0.2, -0.15) is 0 Å². The highest BCUT2D eigenvalue weighted by Gasteiger charge is 2.57. The zero-order chi connectivity index (χ0) is 28.7. The maximum atomic E-state index is 13.8. The van der Waals surface area contributed by atoms with Gasteiger partial charge in [-0.1, -0.05) is 60.0 Å². The molecule has 2 heterocycles. The van der Waals surface area contributed by atoms with Gasteiger partial charge in [-0.05, 0) is 61.4 Å². The molecule has 0 unspecified atom stereocenters. The van der Waals surface area contributed by atoms with Crippen LogP contribution in [0.25, 0.3) is 6.08 Å². The summed E-state index contributed by atoms with van der Waals surface area (Å²) in [5.74, 6) is -1.39. The molecule has 8 nitrogen and oxygen atoms in total. The average molecular weight is 610 g/mol. The van der Waals surface area contributed by atoms with Gasteiger partial charge in [-0.25, -0.2) is 4.90 Å². The summed E-state index contributed by atoms with van der Waals surface area (Å²) in [5.41, 5.74) is 4.37. The third-order valence-electron chi connectivity index (χ3n) is 8.47. The molecule has 0 aromatic heterocycles. The van der Waals surface area contributed by atoms with Crippen molar-refractivity contribution in [1.82, 2.24) is 0 Å². The van der Waals surface area contributed by atoms with Crippen molar-refractivity contribution in [2.75, 3.05) is 11.5 Å². The van der Waals surface area contributed by atoms with Gasteiger partial charge in [0.1, 0.15) is 5.75 Å². The van der Waals surface area contributed by atoms with Gasteiger partial charge in [0.2, 0.25) is 11.8 Å². The monoisotopic (exact) mass is 608 g/mol. The highest BCUT2D eigenvalue weighted by Crippen LogP contribution is 2.52. The van der Waals surface area contributed by atoms with E-state index in [1.54, 1.807) is 18.2 Å². The molecule has 2 aromatic carbocycles. The van der Waals surface area contributed by atoms with Crippen molar-refractivity contribution in [3.63, 3.8) is 0 Å². The predicted molar refractivity (Wildman–Crippen MR) is 156 cm³/mol. The smallest absolute Gasteiger partial charge is 0.271 e. The Kier molecular flexibility index (Phi) is 7.97. The quantitative estimate of drug-likeness (QED) is 0.152. The standard InChI is InChI=1S/C31H33BrN2O6/c1-4-18(12-19-13-20(32)9-10-26(19)35)8-11-27-28-23(17(2)3)15-24-29(25(28)16-40-27)31(37)33(30(24)36)21-6-5-7-22(14-21)34(38)39/h5-7,9-10,12-14,17,24-25,27,29,35H,4,8,11,15-16H2,1-3H3/b18-12+/t24-,25+,27-,29-/m1/s1. The summed E-state index contributed by atoms with van der Waals surface area (Å²) < 4.78 is 7.23. The summed E-state index contributed by atoms with van der Waals surface area (Å²) in [6.45, 7) is 6.69. The summed E-state index contributed by atoms with van der Waals surface area (Å²) in [4.78, 5) is 39.3.